The van der Waals surface area contributed by atoms with Gasteiger partial charge in [0.25, 0.3) is 0 Å². The Morgan fingerprint density at radius 2 is 1.95 bits per heavy atom. The van der Waals surface area contributed by atoms with Gasteiger partial charge in [0, 0.05) is 6.54 Å². The molecule has 2 aromatic rings. The summed E-state index contributed by atoms with van der Waals surface area (Å²) in [5, 5.41) is 12.5. The van der Waals surface area contributed by atoms with Crippen molar-refractivity contribution in [2.24, 2.45) is 0 Å². The van der Waals surface area contributed by atoms with Crippen LogP contribution < -0.4 is 10.1 Å². The molecule has 0 atom stereocenters. The highest BCUT2D eigenvalue weighted by Gasteiger charge is 2.01. The van der Waals surface area contributed by atoms with Gasteiger partial charge in [-0.15, -0.1) is 0 Å². The second-order valence-electron chi connectivity index (χ2n) is 4.43. The van der Waals surface area contributed by atoms with Crippen LogP contribution in [0.25, 0.3) is 0 Å². The SMILES string of the molecule is Cc1ccc(Cl)c(NCc2ccc(OCC#N)cc2)c1. The maximum Gasteiger partial charge on any atom is 0.174 e. The van der Waals surface area contributed by atoms with Crippen LogP contribution in [0, 0.1) is 18.3 Å². The van der Waals surface area contributed by atoms with E-state index in [1.807, 2.05) is 55.5 Å². The lowest BCUT2D eigenvalue weighted by atomic mass is 10.2. The average molecular weight is 287 g/mol. The molecule has 1 N–H and O–H groups in total. The van der Waals surface area contributed by atoms with E-state index in [4.69, 9.17) is 21.6 Å². The zero-order valence-corrected chi connectivity index (χ0v) is 11.9. The van der Waals surface area contributed by atoms with Crippen LogP contribution in [0.4, 0.5) is 5.69 Å². The van der Waals surface area contributed by atoms with Gasteiger partial charge in [-0.1, -0.05) is 29.8 Å². The summed E-state index contributed by atoms with van der Waals surface area (Å²) in [6.45, 7) is 2.78. The Hall–Kier alpha value is -2.18. The largest absolute Gasteiger partial charge is 0.479 e. The van der Waals surface area contributed by atoms with Crippen molar-refractivity contribution in [1.29, 1.82) is 5.26 Å². The fourth-order valence-electron chi connectivity index (χ4n) is 1.79. The van der Waals surface area contributed by atoms with Crippen molar-refractivity contribution >= 4 is 17.3 Å². The molecule has 0 fully saturated rings. The number of benzene rings is 2. The second kappa shape index (κ2) is 6.83. The van der Waals surface area contributed by atoms with Gasteiger partial charge in [0.2, 0.25) is 0 Å². The van der Waals surface area contributed by atoms with Gasteiger partial charge in [0.15, 0.2) is 6.61 Å². The number of nitrogens with zero attached hydrogens (tertiary/aromatic N) is 1. The van der Waals surface area contributed by atoms with E-state index in [0.29, 0.717) is 17.3 Å². The average Bonchev–Trinajstić information content (AvgIpc) is 2.47. The third-order valence-electron chi connectivity index (χ3n) is 2.83. The molecule has 0 unspecified atom stereocenters. The van der Waals surface area contributed by atoms with E-state index in [9.17, 15) is 0 Å². The molecule has 20 heavy (non-hydrogen) atoms. The van der Waals surface area contributed by atoms with Gasteiger partial charge in [-0.05, 0) is 42.3 Å². The highest BCUT2D eigenvalue weighted by atomic mass is 35.5. The summed E-state index contributed by atoms with van der Waals surface area (Å²) >= 11 is 6.13. The number of aryl methyl sites for hydroxylation is 1. The minimum atomic E-state index is 0.0660. The molecular formula is C16H15ClN2O. The summed E-state index contributed by atoms with van der Waals surface area (Å²) in [5.74, 6) is 0.698. The highest BCUT2D eigenvalue weighted by molar-refractivity contribution is 6.33. The number of anilines is 1. The van der Waals surface area contributed by atoms with Gasteiger partial charge in [0.1, 0.15) is 11.8 Å². The monoisotopic (exact) mass is 286 g/mol. The number of ether oxygens (including phenoxy) is 1. The predicted octanol–water partition coefficient (Wildman–Crippen LogP) is 4.16. The van der Waals surface area contributed by atoms with Crippen LogP contribution in [0.2, 0.25) is 5.02 Å². The Labute approximate surface area is 123 Å². The molecule has 2 rings (SSSR count). The zero-order valence-electron chi connectivity index (χ0n) is 11.2. The molecule has 0 aliphatic carbocycles. The van der Waals surface area contributed by atoms with E-state index < -0.39 is 0 Å². The summed E-state index contributed by atoms with van der Waals surface area (Å²) < 4.78 is 5.21. The third kappa shape index (κ3) is 3.91. The molecule has 0 saturated heterocycles. The van der Waals surface area contributed by atoms with Crippen LogP contribution >= 0.6 is 11.6 Å². The zero-order chi connectivity index (χ0) is 14.4. The van der Waals surface area contributed by atoms with Crippen molar-refractivity contribution in [3.05, 3.63) is 58.6 Å². The summed E-state index contributed by atoms with van der Waals surface area (Å²) in [5.41, 5.74) is 3.21. The normalized spacial score (nSPS) is 9.85. The highest BCUT2D eigenvalue weighted by Crippen LogP contribution is 2.23. The van der Waals surface area contributed by atoms with Crippen LogP contribution in [-0.2, 0) is 6.54 Å². The van der Waals surface area contributed by atoms with E-state index in [0.717, 1.165) is 16.8 Å². The number of halogens is 1. The fraction of sp³-hybridized carbons (Fsp3) is 0.188. The van der Waals surface area contributed by atoms with Gasteiger partial charge in [-0.3, -0.25) is 0 Å². The first kappa shape index (κ1) is 14.2. The topological polar surface area (TPSA) is 45.0 Å². The van der Waals surface area contributed by atoms with Gasteiger partial charge in [-0.25, -0.2) is 0 Å². The molecule has 0 amide bonds. The van der Waals surface area contributed by atoms with Crippen molar-refractivity contribution in [3.8, 4) is 11.8 Å². The molecule has 0 aliphatic heterocycles. The first-order valence-electron chi connectivity index (χ1n) is 6.28. The Balaban J connectivity index is 1.97. The van der Waals surface area contributed by atoms with E-state index in [1.165, 1.54) is 0 Å². The number of hydrogen-bond donors (Lipinski definition) is 1. The van der Waals surface area contributed by atoms with E-state index >= 15 is 0 Å². The number of rotatable bonds is 5. The van der Waals surface area contributed by atoms with E-state index in [1.54, 1.807) is 0 Å². The molecule has 0 radical (unpaired) electrons. The van der Waals surface area contributed by atoms with Crippen LogP contribution in [0.3, 0.4) is 0 Å². The number of hydrogen-bond acceptors (Lipinski definition) is 3. The van der Waals surface area contributed by atoms with Gasteiger partial charge in [0.05, 0.1) is 10.7 Å². The molecule has 3 nitrogen and oxygen atoms in total. The Morgan fingerprint density at radius 1 is 1.20 bits per heavy atom. The molecule has 0 heterocycles. The Kier molecular flexibility index (Phi) is 4.86. The quantitative estimate of drug-likeness (QED) is 0.897. The molecule has 0 aliphatic rings. The van der Waals surface area contributed by atoms with Crippen molar-refractivity contribution in [3.63, 3.8) is 0 Å². The maximum atomic E-state index is 8.44. The fourth-order valence-corrected chi connectivity index (χ4v) is 1.98. The van der Waals surface area contributed by atoms with Gasteiger partial charge >= 0.3 is 0 Å². The molecular weight excluding hydrogens is 272 g/mol. The smallest absolute Gasteiger partial charge is 0.174 e. The van der Waals surface area contributed by atoms with Crippen LogP contribution in [0.15, 0.2) is 42.5 Å². The van der Waals surface area contributed by atoms with Gasteiger partial charge < -0.3 is 10.1 Å². The van der Waals surface area contributed by atoms with Crippen LogP contribution in [0.1, 0.15) is 11.1 Å². The molecule has 0 saturated carbocycles. The van der Waals surface area contributed by atoms with E-state index in [-0.39, 0.29) is 6.61 Å². The minimum Gasteiger partial charge on any atom is -0.479 e. The number of nitrogens with one attached hydrogen (secondary N) is 1. The Bertz CT molecular complexity index is 617. The molecule has 0 bridgehead atoms. The summed E-state index contributed by atoms with van der Waals surface area (Å²) in [4.78, 5) is 0. The van der Waals surface area contributed by atoms with Crippen molar-refractivity contribution in [1.82, 2.24) is 0 Å². The third-order valence-corrected chi connectivity index (χ3v) is 3.16. The molecule has 102 valence electrons. The summed E-state index contributed by atoms with van der Waals surface area (Å²) in [7, 11) is 0. The van der Waals surface area contributed by atoms with Crippen LogP contribution in [-0.4, -0.2) is 6.61 Å². The standard InChI is InChI=1S/C16H15ClN2O/c1-12-2-7-15(17)16(10-12)19-11-13-3-5-14(6-4-13)20-9-8-18/h2-7,10,19H,9,11H2,1H3. The Morgan fingerprint density at radius 3 is 2.65 bits per heavy atom. The van der Waals surface area contributed by atoms with Gasteiger partial charge in [-0.2, -0.15) is 5.26 Å². The summed E-state index contributed by atoms with van der Waals surface area (Å²) in [6.07, 6.45) is 0. The lowest BCUT2D eigenvalue weighted by Crippen LogP contribution is -2.00. The second-order valence-corrected chi connectivity index (χ2v) is 4.83. The number of nitriles is 1. The van der Waals surface area contributed by atoms with E-state index in [2.05, 4.69) is 5.32 Å². The lowest BCUT2D eigenvalue weighted by Gasteiger charge is -2.10. The van der Waals surface area contributed by atoms with Crippen molar-refractivity contribution in [2.45, 2.75) is 13.5 Å². The first-order chi connectivity index (χ1) is 9.69. The molecule has 0 aromatic heterocycles. The van der Waals surface area contributed by atoms with Crippen LogP contribution in [0.5, 0.6) is 5.75 Å². The minimum absolute atomic E-state index is 0.0660. The molecule has 2 aromatic carbocycles. The molecule has 4 heteroatoms. The molecule has 0 spiro atoms. The summed E-state index contributed by atoms with van der Waals surface area (Å²) in [6, 6.07) is 15.5. The van der Waals surface area contributed by atoms with Crippen molar-refractivity contribution < 1.29 is 4.74 Å². The maximum absolute atomic E-state index is 8.44. The van der Waals surface area contributed by atoms with Crippen molar-refractivity contribution in [2.75, 3.05) is 11.9 Å². The first-order valence-corrected chi connectivity index (χ1v) is 6.65. The predicted molar refractivity (Wildman–Crippen MR) is 81.1 cm³/mol. The lowest BCUT2D eigenvalue weighted by molar-refractivity contribution is 0.368.